The van der Waals surface area contributed by atoms with Gasteiger partial charge in [0.25, 0.3) is 0 Å². The Bertz CT molecular complexity index is 383. The zero-order chi connectivity index (χ0) is 10.9. The molecule has 1 aromatic carbocycles. The Kier molecular flexibility index (Phi) is 4.24. The first kappa shape index (κ1) is 12.3. The first-order valence-corrected chi connectivity index (χ1v) is 6.33. The SMILES string of the molecule is C=C(C)c1cc(I)c(OC)c(C)c1I. The number of ether oxygens (including phenoxy) is 1. The van der Waals surface area contributed by atoms with Crippen molar-refractivity contribution in [3.8, 4) is 5.75 Å². The van der Waals surface area contributed by atoms with E-state index in [1.807, 2.05) is 6.92 Å². The van der Waals surface area contributed by atoms with Gasteiger partial charge in [0.1, 0.15) is 5.75 Å². The van der Waals surface area contributed by atoms with Crippen molar-refractivity contribution in [2.24, 2.45) is 0 Å². The third kappa shape index (κ3) is 2.24. The van der Waals surface area contributed by atoms with Gasteiger partial charge >= 0.3 is 0 Å². The zero-order valence-electron chi connectivity index (χ0n) is 8.45. The topological polar surface area (TPSA) is 9.23 Å². The van der Waals surface area contributed by atoms with Gasteiger partial charge in [0.05, 0.1) is 10.7 Å². The highest BCUT2D eigenvalue weighted by Crippen LogP contribution is 2.33. The molecule has 3 heteroatoms. The molecule has 0 saturated carbocycles. The van der Waals surface area contributed by atoms with E-state index in [9.17, 15) is 0 Å². The number of allylic oxidation sites excluding steroid dienone is 1. The molecule has 0 spiro atoms. The summed E-state index contributed by atoms with van der Waals surface area (Å²) >= 11 is 4.63. The number of hydrogen-bond acceptors (Lipinski definition) is 1. The van der Waals surface area contributed by atoms with Gasteiger partial charge in [0, 0.05) is 9.13 Å². The number of rotatable bonds is 2. The van der Waals surface area contributed by atoms with Crippen LogP contribution in [0, 0.1) is 14.1 Å². The summed E-state index contributed by atoms with van der Waals surface area (Å²) in [4.78, 5) is 0. The molecule has 1 nitrogen and oxygen atoms in total. The van der Waals surface area contributed by atoms with Crippen molar-refractivity contribution in [2.45, 2.75) is 13.8 Å². The first-order chi connectivity index (χ1) is 6.49. The van der Waals surface area contributed by atoms with Crippen molar-refractivity contribution >= 4 is 50.8 Å². The number of halogens is 2. The molecule has 0 heterocycles. The van der Waals surface area contributed by atoms with Crippen LogP contribution < -0.4 is 4.74 Å². The van der Waals surface area contributed by atoms with Gasteiger partial charge in [-0.2, -0.15) is 0 Å². The van der Waals surface area contributed by atoms with Gasteiger partial charge in [0.2, 0.25) is 0 Å². The molecule has 0 aliphatic heterocycles. The average molecular weight is 414 g/mol. The second-order valence-electron chi connectivity index (χ2n) is 3.16. The quantitative estimate of drug-likeness (QED) is 0.659. The predicted molar refractivity (Wildman–Crippen MR) is 77.9 cm³/mol. The number of hydrogen-bond donors (Lipinski definition) is 0. The molecule has 0 atom stereocenters. The summed E-state index contributed by atoms with van der Waals surface area (Å²) < 4.78 is 7.72. The van der Waals surface area contributed by atoms with Gasteiger partial charge < -0.3 is 4.74 Å². The molecule has 0 aliphatic rings. The van der Waals surface area contributed by atoms with E-state index in [0.29, 0.717) is 0 Å². The summed E-state index contributed by atoms with van der Waals surface area (Å²) in [5.74, 6) is 0.972. The molecule has 0 amide bonds. The fraction of sp³-hybridized carbons (Fsp3) is 0.273. The molecule has 0 unspecified atom stereocenters. The Labute approximate surface area is 112 Å². The second-order valence-corrected chi connectivity index (χ2v) is 5.40. The molecule has 0 aliphatic carbocycles. The molecule has 0 N–H and O–H groups in total. The summed E-state index contributed by atoms with van der Waals surface area (Å²) in [5.41, 5.74) is 3.50. The smallest absolute Gasteiger partial charge is 0.136 e. The zero-order valence-corrected chi connectivity index (χ0v) is 12.8. The molecule has 76 valence electrons. The third-order valence-electron chi connectivity index (χ3n) is 2.06. The molecule has 0 saturated heterocycles. The van der Waals surface area contributed by atoms with Gasteiger partial charge in [-0.05, 0) is 76.2 Å². The Morgan fingerprint density at radius 3 is 2.43 bits per heavy atom. The molecule has 14 heavy (non-hydrogen) atoms. The van der Waals surface area contributed by atoms with Crippen LogP contribution in [-0.2, 0) is 0 Å². The molecule has 0 fully saturated rings. The van der Waals surface area contributed by atoms with Gasteiger partial charge in [-0.1, -0.05) is 6.58 Å². The van der Waals surface area contributed by atoms with Crippen molar-refractivity contribution in [1.82, 2.24) is 0 Å². The van der Waals surface area contributed by atoms with E-state index >= 15 is 0 Å². The van der Waals surface area contributed by atoms with Crippen LogP contribution in [-0.4, -0.2) is 7.11 Å². The summed E-state index contributed by atoms with van der Waals surface area (Å²) in [7, 11) is 1.71. The molecule has 0 aromatic heterocycles. The highest BCUT2D eigenvalue weighted by Gasteiger charge is 2.12. The summed E-state index contributed by atoms with van der Waals surface area (Å²) in [6, 6.07) is 2.12. The first-order valence-electron chi connectivity index (χ1n) is 4.17. The summed E-state index contributed by atoms with van der Waals surface area (Å²) in [6.07, 6.45) is 0. The number of benzene rings is 1. The number of methoxy groups -OCH3 is 1. The normalized spacial score (nSPS) is 10.1. The Hall–Kier alpha value is 0.220. The summed E-state index contributed by atoms with van der Waals surface area (Å²) in [6.45, 7) is 8.08. The van der Waals surface area contributed by atoms with Crippen LogP contribution in [0.2, 0.25) is 0 Å². The van der Waals surface area contributed by atoms with Crippen molar-refractivity contribution in [3.63, 3.8) is 0 Å². The van der Waals surface area contributed by atoms with Crippen LogP contribution in [0.5, 0.6) is 5.75 Å². The van der Waals surface area contributed by atoms with Crippen molar-refractivity contribution in [3.05, 3.63) is 30.9 Å². The monoisotopic (exact) mass is 414 g/mol. The standard InChI is InChI=1S/C11H12I2O/c1-6(2)8-5-9(12)11(14-4)7(3)10(8)13/h5H,1H2,2-4H3. The highest BCUT2D eigenvalue weighted by atomic mass is 127. The van der Waals surface area contributed by atoms with Crippen LogP contribution in [0.1, 0.15) is 18.1 Å². The second kappa shape index (κ2) is 4.83. The highest BCUT2D eigenvalue weighted by molar-refractivity contribution is 14.1. The predicted octanol–water partition coefficient (Wildman–Crippen LogP) is 4.25. The maximum absolute atomic E-state index is 5.35. The van der Waals surface area contributed by atoms with Crippen LogP contribution in [0.15, 0.2) is 12.6 Å². The lowest BCUT2D eigenvalue weighted by atomic mass is 10.1. The lowest BCUT2D eigenvalue weighted by Gasteiger charge is -2.13. The third-order valence-corrected chi connectivity index (χ3v) is 4.25. The minimum absolute atomic E-state index is 0.972. The Morgan fingerprint density at radius 2 is 2.00 bits per heavy atom. The van der Waals surface area contributed by atoms with Crippen LogP contribution in [0.4, 0.5) is 0 Å². The van der Waals surface area contributed by atoms with Crippen molar-refractivity contribution in [2.75, 3.05) is 7.11 Å². The molecule has 0 bridgehead atoms. The van der Waals surface area contributed by atoms with E-state index in [4.69, 9.17) is 4.74 Å². The van der Waals surface area contributed by atoms with Crippen LogP contribution >= 0.6 is 45.2 Å². The van der Waals surface area contributed by atoms with Gasteiger partial charge in [-0.25, -0.2) is 0 Å². The fourth-order valence-electron chi connectivity index (χ4n) is 1.30. The fourth-order valence-corrected chi connectivity index (χ4v) is 3.09. The minimum atomic E-state index is 0.972. The molecule has 0 radical (unpaired) electrons. The van der Waals surface area contributed by atoms with E-state index in [0.717, 1.165) is 14.9 Å². The lowest BCUT2D eigenvalue weighted by Crippen LogP contribution is -1.97. The van der Waals surface area contributed by atoms with Gasteiger partial charge in [-0.3, -0.25) is 0 Å². The maximum Gasteiger partial charge on any atom is 0.136 e. The van der Waals surface area contributed by atoms with Crippen LogP contribution in [0.3, 0.4) is 0 Å². The van der Waals surface area contributed by atoms with E-state index in [1.54, 1.807) is 7.11 Å². The minimum Gasteiger partial charge on any atom is -0.495 e. The van der Waals surface area contributed by atoms with Crippen LogP contribution in [0.25, 0.3) is 5.57 Å². The van der Waals surface area contributed by atoms with Gasteiger partial charge in [0.15, 0.2) is 0 Å². The summed E-state index contributed by atoms with van der Waals surface area (Å²) in [5, 5.41) is 0. The van der Waals surface area contributed by atoms with E-state index in [1.165, 1.54) is 14.7 Å². The van der Waals surface area contributed by atoms with Crippen molar-refractivity contribution in [1.29, 1.82) is 0 Å². The molecular weight excluding hydrogens is 402 g/mol. The Balaban J connectivity index is 3.47. The van der Waals surface area contributed by atoms with Crippen molar-refractivity contribution < 1.29 is 4.74 Å². The largest absolute Gasteiger partial charge is 0.495 e. The molecule has 1 aromatic rings. The Morgan fingerprint density at radius 1 is 1.43 bits per heavy atom. The molecule has 1 rings (SSSR count). The van der Waals surface area contributed by atoms with Gasteiger partial charge in [-0.15, -0.1) is 0 Å². The van der Waals surface area contributed by atoms with E-state index in [-0.39, 0.29) is 0 Å². The maximum atomic E-state index is 5.35. The van der Waals surface area contributed by atoms with E-state index < -0.39 is 0 Å². The molecular formula is C11H12I2O. The van der Waals surface area contributed by atoms with E-state index in [2.05, 4.69) is 64.8 Å². The lowest BCUT2D eigenvalue weighted by molar-refractivity contribution is 0.408. The average Bonchev–Trinajstić information content (AvgIpc) is 2.12.